The third-order valence-corrected chi connectivity index (χ3v) is 4.44. The average Bonchev–Trinajstić information content (AvgIpc) is 2.83. The van der Waals surface area contributed by atoms with Crippen molar-refractivity contribution in [2.45, 2.75) is 38.8 Å². The summed E-state index contributed by atoms with van der Waals surface area (Å²) < 4.78 is 0. The molecule has 0 aromatic heterocycles. The summed E-state index contributed by atoms with van der Waals surface area (Å²) in [6, 6.07) is 10.0. The van der Waals surface area contributed by atoms with Gasteiger partial charge >= 0.3 is 0 Å². The van der Waals surface area contributed by atoms with Crippen LogP contribution < -0.4 is 5.32 Å². The maximum absolute atomic E-state index is 3.72. The summed E-state index contributed by atoms with van der Waals surface area (Å²) in [6.07, 6.45) is 2.40. The fourth-order valence-electron chi connectivity index (χ4n) is 3.44. The second-order valence-corrected chi connectivity index (χ2v) is 6.34. The van der Waals surface area contributed by atoms with Gasteiger partial charge in [-0.1, -0.05) is 38.1 Å². The van der Waals surface area contributed by atoms with Crippen molar-refractivity contribution in [1.29, 1.82) is 0 Å². The quantitative estimate of drug-likeness (QED) is 0.793. The Morgan fingerprint density at radius 1 is 1.10 bits per heavy atom. The Labute approximate surface area is 130 Å². The van der Waals surface area contributed by atoms with Crippen LogP contribution in [0.3, 0.4) is 0 Å². The highest BCUT2D eigenvalue weighted by atomic mass is 15.2. The molecule has 1 aromatic rings. The highest BCUT2D eigenvalue weighted by Crippen LogP contribution is 2.34. The predicted molar refractivity (Wildman–Crippen MR) is 90.8 cm³/mol. The second kappa shape index (κ2) is 7.92. The van der Waals surface area contributed by atoms with E-state index in [2.05, 4.69) is 67.3 Å². The highest BCUT2D eigenvalue weighted by molar-refractivity contribution is 5.37. The van der Waals surface area contributed by atoms with Gasteiger partial charge in [-0.15, -0.1) is 0 Å². The van der Waals surface area contributed by atoms with Crippen LogP contribution in [0.15, 0.2) is 24.3 Å². The maximum Gasteiger partial charge on any atom is 0.0484 e. The lowest BCUT2D eigenvalue weighted by molar-refractivity contribution is 0.153. The number of nitrogens with zero attached hydrogens (tertiary/aromatic N) is 2. The summed E-state index contributed by atoms with van der Waals surface area (Å²) in [7, 11) is 4.32. The molecule has 2 unspecified atom stereocenters. The summed E-state index contributed by atoms with van der Waals surface area (Å²) in [5.41, 5.74) is 3.04. The van der Waals surface area contributed by atoms with Crippen LogP contribution in [0.2, 0.25) is 0 Å². The van der Waals surface area contributed by atoms with Crippen molar-refractivity contribution in [3.8, 4) is 0 Å². The van der Waals surface area contributed by atoms with E-state index in [4.69, 9.17) is 0 Å². The summed E-state index contributed by atoms with van der Waals surface area (Å²) in [5.74, 6) is 0. The lowest BCUT2D eigenvalue weighted by atomic mass is 10.1. The van der Waals surface area contributed by atoms with Crippen LogP contribution in [0.5, 0.6) is 0 Å². The van der Waals surface area contributed by atoms with Gasteiger partial charge in [0.05, 0.1) is 0 Å². The molecule has 3 nitrogen and oxygen atoms in total. The zero-order chi connectivity index (χ0) is 15.2. The van der Waals surface area contributed by atoms with Gasteiger partial charge in [0.15, 0.2) is 0 Å². The molecule has 2 rings (SSSR count). The molecule has 21 heavy (non-hydrogen) atoms. The van der Waals surface area contributed by atoms with Crippen molar-refractivity contribution < 1.29 is 0 Å². The van der Waals surface area contributed by atoms with Gasteiger partial charge in [0.25, 0.3) is 0 Å². The Hall–Kier alpha value is -0.900. The van der Waals surface area contributed by atoms with E-state index < -0.39 is 0 Å². The smallest absolute Gasteiger partial charge is 0.0484 e. The Balaban J connectivity index is 2.15. The number of fused-ring (bicyclic) bond motifs is 1. The first-order valence-corrected chi connectivity index (χ1v) is 8.37. The van der Waals surface area contributed by atoms with Gasteiger partial charge in [0.2, 0.25) is 0 Å². The number of hydrogen-bond acceptors (Lipinski definition) is 3. The highest BCUT2D eigenvalue weighted by Gasteiger charge is 2.35. The van der Waals surface area contributed by atoms with E-state index in [1.807, 2.05) is 0 Å². The monoisotopic (exact) mass is 289 g/mol. The molecule has 0 saturated carbocycles. The van der Waals surface area contributed by atoms with Crippen molar-refractivity contribution in [3.05, 3.63) is 35.4 Å². The standard InChI is InChI=1S/C18H31N3/c1-5-11-21(13-12-20(3)4)17-14-15-9-7-8-10-16(15)18(17)19-6-2/h7-10,17-19H,5-6,11-14H2,1-4H3. The Bertz CT molecular complexity index is 430. The van der Waals surface area contributed by atoms with Gasteiger partial charge in [0.1, 0.15) is 0 Å². The van der Waals surface area contributed by atoms with E-state index in [-0.39, 0.29) is 0 Å². The first kappa shape index (κ1) is 16.5. The largest absolute Gasteiger partial charge is 0.309 e. The molecule has 1 aliphatic carbocycles. The molecule has 1 aliphatic rings. The van der Waals surface area contributed by atoms with E-state index in [9.17, 15) is 0 Å². The minimum absolute atomic E-state index is 0.486. The van der Waals surface area contributed by atoms with Gasteiger partial charge < -0.3 is 10.2 Å². The third kappa shape index (κ3) is 4.06. The maximum atomic E-state index is 3.72. The first-order chi connectivity index (χ1) is 10.2. The van der Waals surface area contributed by atoms with Crippen molar-refractivity contribution >= 4 is 0 Å². The molecular formula is C18H31N3. The Kier molecular flexibility index (Phi) is 6.22. The zero-order valence-corrected chi connectivity index (χ0v) is 14.1. The minimum Gasteiger partial charge on any atom is -0.309 e. The van der Waals surface area contributed by atoms with Crippen LogP contribution in [-0.4, -0.2) is 56.1 Å². The number of likely N-dealkylation sites (N-methyl/N-ethyl adjacent to an activating group) is 2. The normalized spacial score (nSPS) is 21.2. The molecule has 118 valence electrons. The summed E-state index contributed by atoms with van der Waals surface area (Å²) >= 11 is 0. The molecule has 0 bridgehead atoms. The van der Waals surface area contributed by atoms with Crippen molar-refractivity contribution in [1.82, 2.24) is 15.1 Å². The molecule has 0 saturated heterocycles. The lowest BCUT2D eigenvalue weighted by Crippen LogP contribution is -2.45. The summed E-state index contributed by atoms with van der Waals surface area (Å²) in [6.45, 7) is 9.00. The van der Waals surface area contributed by atoms with Gasteiger partial charge in [-0.2, -0.15) is 0 Å². The van der Waals surface area contributed by atoms with Crippen molar-refractivity contribution in [3.63, 3.8) is 0 Å². The molecule has 3 heteroatoms. The Morgan fingerprint density at radius 3 is 2.52 bits per heavy atom. The number of rotatable bonds is 8. The van der Waals surface area contributed by atoms with Crippen LogP contribution in [0.4, 0.5) is 0 Å². The molecule has 0 amide bonds. The molecule has 0 heterocycles. The van der Waals surface area contributed by atoms with Gasteiger partial charge in [-0.05, 0) is 51.2 Å². The van der Waals surface area contributed by atoms with Crippen LogP contribution in [0.1, 0.15) is 37.4 Å². The van der Waals surface area contributed by atoms with Crippen molar-refractivity contribution in [2.75, 3.05) is 40.3 Å². The number of hydrogen-bond donors (Lipinski definition) is 1. The van der Waals surface area contributed by atoms with Gasteiger partial charge in [0, 0.05) is 25.2 Å². The first-order valence-electron chi connectivity index (χ1n) is 8.37. The van der Waals surface area contributed by atoms with Crippen LogP contribution in [0.25, 0.3) is 0 Å². The Morgan fingerprint density at radius 2 is 1.86 bits per heavy atom. The van der Waals surface area contributed by atoms with E-state index in [1.165, 1.54) is 30.5 Å². The topological polar surface area (TPSA) is 18.5 Å². The lowest BCUT2D eigenvalue weighted by Gasteiger charge is -2.34. The molecule has 2 atom stereocenters. The fraction of sp³-hybridized carbons (Fsp3) is 0.667. The zero-order valence-electron chi connectivity index (χ0n) is 14.1. The van der Waals surface area contributed by atoms with E-state index in [0.717, 1.165) is 19.6 Å². The molecular weight excluding hydrogens is 258 g/mol. The number of nitrogens with one attached hydrogen (secondary N) is 1. The van der Waals surface area contributed by atoms with Crippen LogP contribution >= 0.6 is 0 Å². The van der Waals surface area contributed by atoms with E-state index in [1.54, 1.807) is 0 Å². The molecule has 0 radical (unpaired) electrons. The van der Waals surface area contributed by atoms with E-state index >= 15 is 0 Å². The molecule has 1 aromatic carbocycles. The summed E-state index contributed by atoms with van der Waals surface area (Å²) in [5, 5.41) is 3.72. The summed E-state index contributed by atoms with van der Waals surface area (Å²) in [4.78, 5) is 4.97. The minimum atomic E-state index is 0.486. The number of benzene rings is 1. The van der Waals surface area contributed by atoms with Gasteiger partial charge in [-0.3, -0.25) is 4.90 Å². The molecule has 1 N–H and O–H groups in total. The molecule has 0 aliphatic heterocycles. The third-order valence-electron chi connectivity index (χ3n) is 4.44. The molecule has 0 spiro atoms. The predicted octanol–water partition coefficient (Wildman–Crippen LogP) is 2.54. The fourth-order valence-corrected chi connectivity index (χ4v) is 3.44. The molecule has 0 fully saturated rings. The SMILES string of the molecule is CCCN(CCN(C)C)C1Cc2ccccc2C1NCC. The average molecular weight is 289 g/mol. The van der Waals surface area contributed by atoms with Crippen molar-refractivity contribution in [2.24, 2.45) is 0 Å². The van der Waals surface area contributed by atoms with Crippen LogP contribution in [-0.2, 0) is 6.42 Å². The van der Waals surface area contributed by atoms with Crippen LogP contribution in [0, 0.1) is 0 Å². The van der Waals surface area contributed by atoms with Gasteiger partial charge in [-0.25, -0.2) is 0 Å². The second-order valence-electron chi connectivity index (χ2n) is 6.34. The van der Waals surface area contributed by atoms with E-state index in [0.29, 0.717) is 12.1 Å².